The van der Waals surface area contributed by atoms with Crippen molar-refractivity contribution in [2.75, 3.05) is 17.8 Å². The molecule has 0 saturated carbocycles. The molecule has 0 bridgehead atoms. The summed E-state index contributed by atoms with van der Waals surface area (Å²) in [4.78, 5) is 0. The molecule has 0 spiro atoms. The Morgan fingerprint density at radius 1 is 1.00 bits per heavy atom. The summed E-state index contributed by atoms with van der Waals surface area (Å²) in [7, 11) is 1.97. The van der Waals surface area contributed by atoms with E-state index in [0.717, 1.165) is 35.5 Å². The Bertz CT molecular complexity index is 617. The van der Waals surface area contributed by atoms with Crippen LogP contribution in [0.1, 0.15) is 17.5 Å². The highest BCUT2D eigenvalue weighted by atomic mass is 15.4. The van der Waals surface area contributed by atoms with Crippen molar-refractivity contribution in [1.29, 1.82) is 0 Å². The van der Waals surface area contributed by atoms with Gasteiger partial charge in [-0.05, 0) is 36.6 Å². The van der Waals surface area contributed by atoms with Gasteiger partial charge in [-0.15, -0.1) is 0 Å². The Hall–Kier alpha value is -2.29. The molecule has 1 aliphatic rings. The lowest BCUT2D eigenvalue weighted by Crippen LogP contribution is -2.13. The number of fused-ring (bicyclic) bond motifs is 1. The number of nitrogen functional groups attached to an aromatic ring is 1. The summed E-state index contributed by atoms with van der Waals surface area (Å²) in [6.07, 6.45) is 1.99. The van der Waals surface area contributed by atoms with Gasteiger partial charge in [0.2, 0.25) is 0 Å². The maximum Gasteiger partial charge on any atom is 0.0708 e. The van der Waals surface area contributed by atoms with Gasteiger partial charge in [0.25, 0.3) is 0 Å². The van der Waals surface area contributed by atoms with E-state index in [4.69, 9.17) is 10.8 Å². The Balaban J connectivity index is 1.96. The number of hydrogen-bond acceptors (Lipinski definition) is 3. The zero-order valence-electron chi connectivity index (χ0n) is 11.0. The maximum absolute atomic E-state index is 6.08. The highest BCUT2D eigenvalue weighted by molar-refractivity contribution is 6.08. The fraction of sp³-hybridized carbons (Fsp3) is 0.188. The predicted octanol–water partition coefficient (Wildman–Crippen LogP) is 3.06. The highest BCUT2D eigenvalue weighted by Gasteiger charge is 2.20. The first-order valence-electron chi connectivity index (χ1n) is 6.49. The molecule has 3 heteroatoms. The smallest absolute Gasteiger partial charge is 0.0708 e. The normalized spacial score (nSPS) is 15.5. The summed E-state index contributed by atoms with van der Waals surface area (Å²) >= 11 is 0. The standard InChI is InChI=1S/C16H17N3/c1-19(13-7-3-2-4-8-13)18-15-11-10-12-6-5-9-14(17)16(12)15/h2-9H,10-11,17H2,1H3/b18-15+. The van der Waals surface area contributed by atoms with E-state index in [-0.39, 0.29) is 0 Å². The lowest BCUT2D eigenvalue weighted by molar-refractivity contribution is 0.997. The third-order valence-electron chi connectivity index (χ3n) is 3.50. The predicted molar refractivity (Wildman–Crippen MR) is 80.6 cm³/mol. The fourth-order valence-corrected chi connectivity index (χ4v) is 2.54. The van der Waals surface area contributed by atoms with Crippen LogP contribution in [0.4, 0.5) is 11.4 Å². The first kappa shape index (κ1) is 11.8. The van der Waals surface area contributed by atoms with Crippen LogP contribution in [0, 0.1) is 0 Å². The van der Waals surface area contributed by atoms with Crippen LogP contribution in [0.5, 0.6) is 0 Å². The van der Waals surface area contributed by atoms with Gasteiger partial charge in [0.1, 0.15) is 0 Å². The Morgan fingerprint density at radius 3 is 2.58 bits per heavy atom. The Labute approximate surface area is 113 Å². The van der Waals surface area contributed by atoms with E-state index in [0.29, 0.717) is 0 Å². The van der Waals surface area contributed by atoms with Crippen molar-refractivity contribution in [3.05, 3.63) is 59.7 Å². The van der Waals surface area contributed by atoms with Gasteiger partial charge in [0.05, 0.1) is 11.4 Å². The largest absolute Gasteiger partial charge is 0.398 e. The van der Waals surface area contributed by atoms with E-state index >= 15 is 0 Å². The first-order chi connectivity index (χ1) is 9.25. The van der Waals surface area contributed by atoms with E-state index in [1.807, 2.05) is 54.5 Å². The lowest BCUT2D eigenvalue weighted by atomic mass is 10.1. The molecule has 0 saturated heterocycles. The molecular formula is C16H17N3. The number of anilines is 2. The number of para-hydroxylation sites is 1. The van der Waals surface area contributed by atoms with Crippen molar-refractivity contribution in [2.24, 2.45) is 5.10 Å². The van der Waals surface area contributed by atoms with Crippen molar-refractivity contribution in [3.8, 4) is 0 Å². The molecule has 0 aliphatic heterocycles. The monoisotopic (exact) mass is 251 g/mol. The molecule has 1 aliphatic carbocycles. The van der Waals surface area contributed by atoms with Gasteiger partial charge in [-0.25, -0.2) is 0 Å². The van der Waals surface area contributed by atoms with Crippen LogP contribution in [0.3, 0.4) is 0 Å². The summed E-state index contributed by atoms with van der Waals surface area (Å²) in [5, 5.41) is 6.63. The average molecular weight is 251 g/mol. The van der Waals surface area contributed by atoms with Crippen molar-refractivity contribution < 1.29 is 0 Å². The second-order valence-corrected chi connectivity index (χ2v) is 4.79. The number of hydrogen-bond donors (Lipinski definition) is 1. The Morgan fingerprint density at radius 2 is 1.79 bits per heavy atom. The van der Waals surface area contributed by atoms with Crippen LogP contribution in [0.25, 0.3) is 0 Å². The molecule has 0 unspecified atom stereocenters. The molecular weight excluding hydrogens is 234 g/mol. The lowest BCUT2D eigenvalue weighted by Gasteiger charge is -2.15. The molecule has 0 amide bonds. The van der Waals surface area contributed by atoms with E-state index in [9.17, 15) is 0 Å². The summed E-state index contributed by atoms with van der Waals surface area (Å²) in [6, 6.07) is 16.2. The molecule has 0 atom stereocenters. The maximum atomic E-state index is 6.08. The molecule has 2 aromatic rings. The zero-order chi connectivity index (χ0) is 13.2. The summed E-state index contributed by atoms with van der Waals surface area (Å²) in [6.45, 7) is 0. The van der Waals surface area contributed by atoms with Crippen LogP contribution < -0.4 is 10.7 Å². The van der Waals surface area contributed by atoms with Gasteiger partial charge < -0.3 is 5.73 Å². The van der Waals surface area contributed by atoms with E-state index in [1.54, 1.807) is 0 Å². The van der Waals surface area contributed by atoms with Gasteiger partial charge >= 0.3 is 0 Å². The summed E-state index contributed by atoms with van der Waals surface area (Å²) in [5.41, 5.74) is 11.5. The van der Waals surface area contributed by atoms with Gasteiger partial charge in [-0.1, -0.05) is 30.3 Å². The molecule has 19 heavy (non-hydrogen) atoms. The number of nitrogens with zero attached hydrogens (tertiary/aromatic N) is 2. The number of rotatable bonds is 2. The topological polar surface area (TPSA) is 41.6 Å². The highest BCUT2D eigenvalue weighted by Crippen LogP contribution is 2.28. The van der Waals surface area contributed by atoms with Crippen molar-refractivity contribution in [2.45, 2.75) is 12.8 Å². The third kappa shape index (κ3) is 2.19. The molecule has 0 aromatic heterocycles. The van der Waals surface area contributed by atoms with Crippen LogP contribution in [0.15, 0.2) is 53.6 Å². The van der Waals surface area contributed by atoms with E-state index < -0.39 is 0 Å². The fourth-order valence-electron chi connectivity index (χ4n) is 2.54. The van der Waals surface area contributed by atoms with Gasteiger partial charge in [-0.2, -0.15) is 5.10 Å². The molecule has 2 aromatic carbocycles. The minimum Gasteiger partial charge on any atom is -0.398 e. The third-order valence-corrected chi connectivity index (χ3v) is 3.50. The van der Waals surface area contributed by atoms with Gasteiger partial charge in [0.15, 0.2) is 0 Å². The second-order valence-electron chi connectivity index (χ2n) is 4.79. The van der Waals surface area contributed by atoms with Crippen LogP contribution in [-0.2, 0) is 6.42 Å². The minimum atomic E-state index is 0.829. The first-order valence-corrected chi connectivity index (χ1v) is 6.49. The number of hydrazone groups is 1. The van der Waals surface area contributed by atoms with Crippen molar-refractivity contribution in [1.82, 2.24) is 0 Å². The van der Waals surface area contributed by atoms with Crippen molar-refractivity contribution >= 4 is 17.1 Å². The molecule has 0 heterocycles. The molecule has 0 radical (unpaired) electrons. The molecule has 0 fully saturated rings. The summed E-state index contributed by atoms with van der Waals surface area (Å²) in [5.74, 6) is 0. The molecule has 2 N–H and O–H groups in total. The molecule has 96 valence electrons. The van der Waals surface area contributed by atoms with Crippen LogP contribution >= 0.6 is 0 Å². The Kier molecular flexibility index (Phi) is 2.95. The zero-order valence-corrected chi connectivity index (χ0v) is 11.0. The van der Waals surface area contributed by atoms with Crippen molar-refractivity contribution in [3.63, 3.8) is 0 Å². The van der Waals surface area contributed by atoms with Crippen LogP contribution in [-0.4, -0.2) is 12.8 Å². The number of benzene rings is 2. The SMILES string of the molecule is CN(/N=C1\CCc2cccc(N)c21)c1ccccc1. The van der Waals surface area contributed by atoms with Gasteiger partial charge in [-0.3, -0.25) is 5.01 Å². The number of nitrogens with two attached hydrogens (primary N) is 1. The van der Waals surface area contributed by atoms with Gasteiger partial charge in [0, 0.05) is 18.3 Å². The van der Waals surface area contributed by atoms with E-state index in [1.165, 1.54) is 5.56 Å². The van der Waals surface area contributed by atoms with E-state index in [2.05, 4.69) is 6.07 Å². The quantitative estimate of drug-likeness (QED) is 0.658. The summed E-state index contributed by atoms with van der Waals surface area (Å²) < 4.78 is 0. The molecule has 3 rings (SSSR count). The molecule has 3 nitrogen and oxygen atoms in total. The average Bonchev–Trinajstić information content (AvgIpc) is 2.84. The van der Waals surface area contributed by atoms with Crippen LogP contribution in [0.2, 0.25) is 0 Å². The minimum absolute atomic E-state index is 0.829. The second kappa shape index (κ2) is 4.76. The number of aryl methyl sites for hydroxylation is 1.